The van der Waals surface area contributed by atoms with Gasteiger partial charge >= 0.3 is 0 Å². The van der Waals surface area contributed by atoms with Gasteiger partial charge in [-0.05, 0) is 38.3 Å². The molecule has 19 heavy (non-hydrogen) atoms. The number of aryl methyl sites for hydroxylation is 2. The predicted octanol–water partition coefficient (Wildman–Crippen LogP) is 2.10. The van der Waals surface area contributed by atoms with Crippen LogP contribution < -0.4 is 5.73 Å². The van der Waals surface area contributed by atoms with E-state index >= 15 is 0 Å². The Morgan fingerprint density at radius 2 is 2.05 bits per heavy atom. The molecule has 1 unspecified atom stereocenters. The van der Waals surface area contributed by atoms with E-state index in [9.17, 15) is 0 Å². The van der Waals surface area contributed by atoms with Gasteiger partial charge in [-0.25, -0.2) is 0 Å². The van der Waals surface area contributed by atoms with Crippen LogP contribution in [0, 0.1) is 5.92 Å². The first-order valence-corrected chi connectivity index (χ1v) is 7.66. The quantitative estimate of drug-likeness (QED) is 0.886. The summed E-state index contributed by atoms with van der Waals surface area (Å²) in [6, 6.07) is 0.349. The molecule has 1 aliphatic heterocycles. The van der Waals surface area contributed by atoms with Crippen molar-refractivity contribution >= 4 is 0 Å². The summed E-state index contributed by atoms with van der Waals surface area (Å²) in [6.07, 6.45) is 7.08. The molecular weight excluding hydrogens is 236 g/mol. The van der Waals surface area contributed by atoms with Gasteiger partial charge in [-0.1, -0.05) is 20.3 Å². The lowest BCUT2D eigenvalue weighted by molar-refractivity contribution is 0.133. The van der Waals surface area contributed by atoms with E-state index < -0.39 is 0 Å². The lowest BCUT2D eigenvalue weighted by Gasteiger charge is -2.37. The smallest absolute Gasteiger partial charge is 0.0670 e. The Bertz CT molecular complexity index is 391. The molecule has 2 N–H and O–H groups in total. The molecule has 4 nitrogen and oxygen atoms in total. The Morgan fingerprint density at radius 3 is 2.58 bits per heavy atom. The zero-order valence-corrected chi connectivity index (χ0v) is 12.6. The van der Waals surface area contributed by atoms with Crippen LogP contribution in [-0.4, -0.2) is 34.3 Å². The summed E-state index contributed by atoms with van der Waals surface area (Å²) in [5.74, 6) is 0.911. The average Bonchev–Trinajstić information content (AvgIpc) is 2.81. The summed E-state index contributed by atoms with van der Waals surface area (Å²) in [5.41, 5.74) is 8.60. The fraction of sp³-hybridized carbons (Fsp3) is 0.800. The summed E-state index contributed by atoms with van der Waals surface area (Å²) in [6.45, 7) is 7.52. The van der Waals surface area contributed by atoms with Crippen molar-refractivity contribution < 1.29 is 0 Å². The highest BCUT2D eigenvalue weighted by Gasteiger charge is 2.27. The summed E-state index contributed by atoms with van der Waals surface area (Å²) in [5, 5.41) is 4.56. The third kappa shape index (κ3) is 3.18. The van der Waals surface area contributed by atoms with E-state index in [1.165, 1.54) is 43.6 Å². The van der Waals surface area contributed by atoms with Gasteiger partial charge in [0, 0.05) is 25.4 Å². The normalized spacial score (nSPS) is 19.8. The third-order valence-corrected chi connectivity index (χ3v) is 4.52. The molecule has 1 aromatic rings. The molecule has 1 saturated heterocycles. The standard InChI is InChI=1S/C15H28N4/c1-4-12-6-8-19(9-7-12)15(10-16)13-11-18(3)17-14(13)5-2/h11-12,15H,4-10,16H2,1-3H3. The van der Waals surface area contributed by atoms with Crippen molar-refractivity contribution in [3.63, 3.8) is 0 Å². The average molecular weight is 264 g/mol. The number of hydrogen-bond acceptors (Lipinski definition) is 3. The molecule has 0 spiro atoms. The van der Waals surface area contributed by atoms with Crippen molar-refractivity contribution in [2.75, 3.05) is 19.6 Å². The molecule has 1 aromatic heterocycles. The van der Waals surface area contributed by atoms with Gasteiger partial charge < -0.3 is 5.73 Å². The van der Waals surface area contributed by atoms with Crippen LogP contribution in [0.15, 0.2) is 6.20 Å². The maximum Gasteiger partial charge on any atom is 0.0670 e. The minimum Gasteiger partial charge on any atom is -0.329 e. The molecule has 108 valence electrons. The topological polar surface area (TPSA) is 47.1 Å². The van der Waals surface area contributed by atoms with E-state index in [1.807, 2.05) is 11.7 Å². The van der Waals surface area contributed by atoms with Gasteiger partial charge in [0.05, 0.1) is 11.7 Å². The number of rotatable bonds is 5. The number of nitrogens with two attached hydrogens (primary N) is 1. The van der Waals surface area contributed by atoms with Gasteiger partial charge in [-0.2, -0.15) is 5.10 Å². The molecule has 1 atom stereocenters. The highest BCUT2D eigenvalue weighted by atomic mass is 15.3. The van der Waals surface area contributed by atoms with Gasteiger partial charge in [-0.15, -0.1) is 0 Å². The fourth-order valence-electron chi connectivity index (χ4n) is 3.25. The molecule has 0 radical (unpaired) electrons. The SMILES string of the molecule is CCc1nn(C)cc1C(CN)N1CCC(CC)CC1. The van der Waals surface area contributed by atoms with Crippen molar-refractivity contribution in [1.82, 2.24) is 14.7 Å². The molecule has 0 amide bonds. The minimum absolute atomic E-state index is 0.349. The van der Waals surface area contributed by atoms with Crippen LogP contribution in [0.3, 0.4) is 0 Å². The Labute approximate surface area is 117 Å². The zero-order chi connectivity index (χ0) is 13.8. The molecule has 0 saturated carbocycles. The van der Waals surface area contributed by atoms with Crippen molar-refractivity contribution in [2.45, 2.75) is 45.6 Å². The Morgan fingerprint density at radius 1 is 1.37 bits per heavy atom. The minimum atomic E-state index is 0.349. The van der Waals surface area contributed by atoms with E-state index in [4.69, 9.17) is 5.73 Å². The molecule has 0 bridgehead atoms. The van der Waals surface area contributed by atoms with Crippen LogP contribution in [0.2, 0.25) is 0 Å². The molecule has 2 rings (SSSR count). The first-order chi connectivity index (χ1) is 9.19. The van der Waals surface area contributed by atoms with Gasteiger partial charge in [0.15, 0.2) is 0 Å². The van der Waals surface area contributed by atoms with E-state index in [0.29, 0.717) is 12.6 Å². The van der Waals surface area contributed by atoms with Crippen LogP contribution in [0.1, 0.15) is 50.4 Å². The molecule has 0 aromatic carbocycles. The summed E-state index contributed by atoms with van der Waals surface area (Å²) >= 11 is 0. The Balaban J connectivity index is 2.11. The highest BCUT2D eigenvalue weighted by molar-refractivity contribution is 5.22. The first kappa shape index (κ1) is 14.5. The molecular formula is C15H28N4. The molecule has 0 aliphatic carbocycles. The third-order valence-electron chi connectivity index (χ3n) is 4.52. The van der Waals surface area contributed by atoms with E-state index in [1.54, 1.807) is 0 Å². The molecule has 4 heteroatoms. The maximum absolute atomic E-state index is 6.06. The van der Waals surface area contributed by atoms with Gasteiger partial charge in [0.25, 0.3) is 0 Å². The van der Waals surface area contributed by atoms with E-state index in [2.05, 4.69) is 30.0 Å². The molecule has 2 heterocycles. The van der Waals surface area contributed by atoms with Crippen LogP contribution in [-0.2, 0) is 13.5 Å². The van der Waals surface area contributed by atoms with Gasteiger partial charge in [0.2, 0.25) is 0 Å². The predicted molar refractivity (Wildman–Crippen MR) is 79.0 cm³/mol. The second-order valence-electron chi connectivity index (χ2n) is 5.70. The lowest BCUT2D eigenvalue weighted by atomic mass is 9.92. The summed E-state index contributed by atoms with van der Waals surface area (Å²) in [7, 11) is 2.00. The number of piperidine rings is 1. The molecule has 1 aliphatic rings. The van der Waals surface area contributed by atoms with Crippen LogP contribution >= 0.6 is 0 Å². The maximum atomic E-state index is 6.06. The van der Waals surface area contributed by atoms with E-state index in [-0.39, 0.29) is 0 Å². The largest absolute Gasteiger partial charge is 0.329 e. The number of hydrogen-bond donors (Lipinski definition) is 1. The van der Waals surface area contributed by atoms with Gasteiger partial charge in [0.1, 0.15) is 0 Å². The lowest BCUT2D eigenvalue weighted by Crippen LogP contribution is -2.40. The number of aromatic nitrogens is 2. The molecule has 1 fully saturated rings. The zero-order valence-electron chi connectivity index (χ0n) is 12.6. The first-order valence-electron chi connectivity index (χ1n) is 7.66. The van der Waals surface area contributed by atoms with Crippen molar-refractivity contribution in [1.29, 1.82) is 0 Å². The Hall–Kier alpha value is -0.870. The van der Waals surface area contributed by atoms with Crippen LogP contribution in [0.4, 0.5) is 0 Å². The number of likely N-dealkylation sites (tertiary alicyclic amines) is 1. The number of nitrogens with zero attached hydrogens (tertiary/aromatic N) is 3. The van der Waals surface area contributed by atoms with Crippen molar-refractivity contribution in [3.8, 4) is 0 Å². The summed E-state index contributed by atoms with van der Waals surface area (Å²) < 4.78 is 1.93. The Kier molecular flexibility index (Phi) is 4.99. The highest BCUT2D eigenvalue weighted by Crippen LogP contribution is 2.29. The van der Waals surface area contributed by atoms with E-state index in [0.717, 1.165) is 12.3 Å². The van der Waals surface area contributed by atoms with Crippen LogP contribution in [0.25, 0.3) is 0 Å². The fourth-order valence-corrected chi connectivity index (χ4v) is 3.25. The van der Waals surface area contributed by atoms with Crippen molar-refractivity contribution in [2.24, 2.45) is 18.7 Å². The van der Waals surface area contributed by atoms with Gasteiger partial charge in [-0.3, -0.25) is 9.58 Å². The monoisotopic (exact) mass is 264 g/mol. The van der Waals surface area contributed by atoms with Crippen molar-refractivity contribution in [3.05, 3.63) is 17.5 Å². The second-order valence-corrected chi connectivity index (χ2v) is 5.70. The summed E-state index contributed by atoms with van der Waals surface area (Å²) in [4.78, 5) is 2.56. The second kappa shape index (κ2) is 6.53. The van der Waals surface area contributed by atoms with Crippen LogP contribution in [0.5, 0.6) is 0 Å².